The molecule has 150 valence electrons. The summed E-state index contributed by atoms with van der Waals surface area (Å²) in [7, 11) is 1.65. The van der Waals surface area contributed by atoms with Crippen molar-refractivity contribution in [2.45, 2.75) is 42.8 Å². The molecule has 7 heteroatoms. The summed E-state index contributed by atoms with van der Waals surface area (Å²) in [4.78, 5) is 12.1. The van der Waals surface area contributed by atoms with E-state index >= 15 is 0 Å². The van der Waals surface area contributed by atoms with Crippen LogP contribution in [0.2, 0.25) is 0 Å². The van der Waals surface area contributed by atoms with Crippen LogP contribution in [0.15, 0.2) is 59.8 Å². The van der Waals surface area contributed by atoms with Crippen molar-refractivity contribution < 1.29 is 14.3 Å². The molecule has 2 aromatic carbocycles. The molecule has 6 nitrogen and oxygen atoms in total. The highest BCUT2D eigenvalue weighted by molar-refractivity contribution is 8.00. The highest BCUT2D eigenvalue weighted by Crippen LogP contribution is 2.33. The van der Waals surface area contributed by atoms with Crippen molar-refractivity contribution in [2.75, 3.05) is 7.11 Å². The van der Waals surface area contributed by atoms with Crippen LogP contribution in [-0.2, 0) is 22.5 Å². The normalized spacial score (nSPS) is 18.6. The second-order valence-electron chi connectivity index (χ2n) is 7.01. The van der Waals surface area contributed by atoms with E-state index in [-0.39, 0.29) is 17.3 Å². The van der Waals surface area contributed by atoms with Gasteiger partial charge in [0.25, 0.3) is 0 Å². The summed E-state index contributed by atoms with van der Waals surface area (Å²) >= 11 is 1.44. The third kappa shape index (κ3) is 4.45. The Hall–Kier alpha value is -2.80. The fourth-order valence-corrected chi connectivity index (χ4v) is 4.53. The summed E-state index contributed by atoms with van der Waals surface area (Å²) in [6.07, 6.45) is 1.48. The maximum atomic E-state index is 12.1. The Morgan fingerprint density at radius 2 is 1.90 bits per heavy atom. The first-order valence-electron chi connectivity index (χ1n) is 9.62. The smallest absolute Gasteiger partial charge is 0.319 e. The molecule has 0 amide bonds. The van der Waals surface area contributed by atoms with E-state index in [1.54, 1.807) is 7.11 Å². The van der Waals surface area contributed by atoms with Gasteiger partial charge in [-0.15, -0.1) is 10.2 Å². The third-order valence-electron chi connectivity index (χ3n) is 4.91. The Labute approximate surface area is 174 Å². The maximum Gasteiger partial charge on any atom is 0.319 e. The van der Waals surface area contributed by atoms with Crippen LogP contribution in [0.5, 0.6) is 5.75 Å². The first-order chi connectivity index (χ1) is 14.1. The minimum Gasteiger partial charge on any atom is -0.497 e. The largest absolute Gasteiger partial charge is 0.497 e. The quantitative estimate of drug-likeness (QED) is 0.550. The molecule has 0 aliphatic carbocycles. The Balaban J connectivity index is 1.63. The van der Waals surface area contributed by atoms with Gasteiger partial charge in [0, 0.05) is 18.5 Å². The van der Waals surface area contributed by atoms with Crippen LogP contribution >= 0.6 is 11.8 Å². The van der Waals surface area contributed by atoms with Crippen molar-refractivity contribution in [3.8, 4) is 17.1 Å². The molecular formula is C22H23N3O3S. The number of carbonyl (C=O) groups is 1. The lowest BCUT2D eigenvalue weighted by molar-refractivity contribution is -0.140. The Morgan fingerprint density at radius 3 is 2.55 bits per heavy atom. The molecule has 0 saturated carbocycles. The summed E-state index contributed by atoms with van der Waals surface area (Å²) in [6.45, 7) is 2.64. The number of cyclic esters (lactones) is 1. The number of hydrogen-bond acceptors (Lipinski definition) is 6. The molecule has 2 heterocycles. The minimum absolute atomic E-state index is 0.0539. The van der Waals surface area contributed by atoms with E-state index in [0.717, 1.165) is 35.3 Å². The van der Waals surface area contributed by atoms with Crippen molar-refractivity contribution in [2.24, 2.45) is 0 Å². The molecule has 1 aliphatic rings. The van der Waals surface area contributed by atoms with Crippen LogP contribution in [-0.4, -0.2) is 39.2 Å². The van der Waals surface area contributed by atoms with E-state index < -0.39 is 0 Å². The molecule has 3 aromatic rings. The molecule has 1 saturated heterocycles. The second-order valence-corrected chi connectivity index (χ2v) is 8.18. The van der Waals surface area contributed by atoms with Crippen LogP contribution in [0, 0.1) is 0 Å². The number of carbonyl (C=O) groups excluding carboxylic acids is 1. The molecule has 0 N–H and O–H groups in total. The predicted octanol–water partition coefficient (Wildman–Crippen LogP) is 3.99. The van der Waals surface area contributed by atoms with Crippen molar-refractivity contribution in [1.29, 1.82) is 0 Å². The number of methoxy groups -OCH3 is 1. The molecule has 1 aromatic heterocycles. The summed E-state index contributed by atoms with van der Waals surface area (Å²) < 4.78 is 12.7. The molecule has 2 unspecified atom stereocenters. The number of ether oxygens (including phenoxy) is 2. The number of esters is 1. The van der Waals surface area contributed by atoms with Gasteiger partial charge < -0.3 is 14.0 Å². The molecular weight excluding hydrogens is 386 g/mol. The van der Waals surface area contributed by atoms with Crippen molar-refractivity contribution in [3.63, 3.8) is 0 Å². The summed E-state index contributed by atoms with van der Waals surface area (Å²) in [5.74, 6) is 1.40. The average molecular weight is 410 g/mol. The van der Waals surface area contributed by atoms with E-state index in [9.17, 15) is 4.79 Å². The summed E-state index contributed by atoms with van der Waals surface area (Å²) in [5.41, 5.74) is 2.20. The first kappa shape index (κ1) is 19.5. The molecule has 0 spiro atoms. The maximum absolute atomic E-state index is 12.1. The van der Waals surface area contributed by atoms with Gasteiger partial charge in [-0.3, -0.25) is 4.79 Å². The second kappa shape index (κ2) is 8.69. The predicted molar refractivity (Wildman–Crippen MR) is 112 cm³/mol. The molecule has 29 heavy (non-hydrogen) atoms. The fourth-order valence-electron chi connectivity index (χ4n) is 3.36. The van der Waals surface area contributed by atoms with Crippen LogP contribution < -0.4 is 4.74 Å². The SMILES string of the molecule is COc1ccc(-c2nnc(SC3CC(C)OC3=O)n2CCc2ccccc2)cc1. The standard InChI is InChI=1S/C22H23N3O3S/c1-15-14-19(21(26)28-15)29-22-24-23-20(17-8-10-18(27-2)11-9-17)25(22)13-12-16-6-4-3-5-7-16/h3-11,15,19H,12-14H2,1-2H3. The Bertz CT molecular complexity index is 973. The topological polar surface area (TPSA) is 66.2 Å². The molecule has 0 radical (unpaired) electrons. The van der Waals surface area contributed by atoms with Gasteiger partial charge in [0.05, 0.1) is 7.11 Å². The zero-order valence-corrected chi connectivity index (χ0v) is 17.3. The zero-order valence-electron chi connectivity index (χ0n) is 16.4. The van der Waals surface area contributed by atoms with Gasteiger partial charge in [-0.2, -0.15) is 0 Å². The molecule has 1 fully saturated rings. The number of rotatable bonds is 7. The lowest BCUT2D eigenvalue weighted by atomic mass is 10.1. The monoisotopic (exact) mass is 409 g/mol. The van der Waals surface area contributed by atoms with Gasteiger partial charge >= 0.3 is 5.97 Å². The van der Waals surface area contributed by atoms with Gasteiger partial charge in [-0.25, -0.2) is 0 Å². The van der Waals surface area contributed by atoms with E-state index in [1.165, 1.54) is 17.3 Å². The van der Waals surface area contributed by atoms with Gasteiger partial charge in [-0.1, -0.05) is 42.1 Å². The highest BCUT2D eigenvalue weighted by Gasteiger charge is 2.34. The molecule has 1 aliphatic heterocycles. The number of aryl methyl sites for hydroxylation is 1. The third-order valence-corrected chi connectivity index (χ3v) is 6.09. The molecule has 0 bridgehead atoms. The van der Waals surface area contributed by atoms with Gasteiger partial charge in [0.1, 0.15) is 17.1 Å². The van der Waals surface area contributed by atoms with Gasteiger partial charge in [-0.05, 0) is 43.2 Å². The fraction of sp³-hybridized carbons (Fsp3) is 0.318. The van der Waals surface area contributed by atoms with E-state index in [4.69, 9.17) is 9.47 Å². The number of benzene rings is 2. The molecule has 4 rings (SSSR count). The lowest BCUT2D eigenvalue weighted by Gasteiger charge is -2.12. The summed E-state index contributed by atoms with van der Waals surface area (Å²) in [5, 5.41) is 9.34. The van der Waals surface area contributed by atoms with E-state index in [0.29, 0.717) is 6.42 Å². The van der Waals surface area contributed by atoms with Crippen LogP contribution in [0.3, 0.4) is 0 Å². The average Bonchev–Trinajstić information content (AvgIpc) is 3.29. The van der Waals surface area contributed by atoms with E-state index in [1.807, 2.05) is 49.4 Å². The summed E-state index contributed by atoms with van der Waals surface area (Å²) in [6, 6.07) is 18.1. The minimum atomic E-state index is -0.242. The Kier molecular flexibility index (Phi) is 5.85. The highest BCUT2D eigenvalue weighted by atomic mass is 32.2. The number of hydrogen-bond donors (Lipinski definition) is 0. The zero-order chi connectivity index (χ0) is 20.2. The van der Waals surface area contributed by atoms with Crippen molar-refractivity contribution in [3.05, 3.63) is 60.2 Å². The number of thioether (sulfide) groups is 1. The Morgan fingerprint density at radius 1 is 1.14 bits per heavy atom. The molecule has 2 atom stereocenters. The van der Waals surface area contributed by atoms with Crippen molar-refractivity contribution >= 4 is 17.7 Å². The van der Waals surface area contributed by atoms with E-state index in [2.05, 4.69) is 26.9 Å². The van der Waals surface area contributed by atoms with Crippen molar-refractivity contribution in [1.82, 2.24) is 14.8 Å². The van der Waals surface area contributed by atoms with Crippen LogP contribution in [0.1, 0.15) is 18.9 Å². The first-order valence-corrected chi connectivity index (χ1v) is 10.5. The lowest BCUT2D eigenvalue weighted by Crippen LogP contribution is -2.12. The van der Waals surface area contributed by atoms with Gasteiger partial charge in [0.15, 0.2) is 11.0 Å². The number of aromatic nitrogens is 3. The number of nitrogens with zero attached hydrogens (tertiary/aromatic N) is 3. The van der Waals surface area contributed by atoms with Crippen LogP contribution in [0.25, 0.3) is 11.4 Å². The van der Waals surface area contributed by atoms with Gasteiger partial charge in [0.2, 0.25) is 0 Å². The van der Waals surface area contributed by atoms with Crippen LogP contribution in [0.4, 0.5) is 0 Å².